The van der Waals surface area contributed by atoms with E-state index in [-0.39, 0.29) is 11.8 Å². The number of carbonyl (C=O) groups excluding carboxylic acids is 1. The SMILES string of the molecule is CCCN(CC1CC1)C(=O)C1CC1(Cl)Cl. The Morgan fingerprint density at radius 3 is 2.47 bits per heavy atom. The number of halogens is 2. The van der Waals surface area contributed by atoms with Crippen molar-refractivity contribution in [1.82, 2.24) is 4.90 Å². The van der Waals surface area contributed by atoms with Crippen molar-refractivity contribution in [2.24, 2.45) is 11.8 Å². The highest BCUT2D eigenvalue weighted by molar-refractivity contribution is 6.52. The Labute approximate surface area is 101 Å². The van der Waals surface area contributed by atoms with Gasteiger partial charge in [0, 0.05) is 13.1 Å². The first-order valence-electron chi connectivity index (χ1n) is 5.71. The van der Waals surface area contributed by atoms with Gasteiger partial charge in [0.05, 0.1) is 5.92 Å². The molecule has 15 heavy (non-hydrogen) atoms. The first kappa shape index (κ1) is 11.5. The Kier molecular flexibility index (Phi) is 3.18. The average molecular weight is 250 g/mol. The zero-order chi connectivity index (χ0) is 11.1. The van der Waals surface area contributed by atoms with E-state index in [1.165, 1.54) is 12.8 Å². The van der Waals surface area contributed by atoms with Gasteiger partial charge in [-0.1, -0.05) is 6.92 Å². The van der Waals surface area contributed by atoms with Gasteiger partial charge in [0.2, 0.25) is 5.91 Å². The molecule has 1 unspecified atom stereocenters. The summed E-state index contributed by atoms with van der Waals surface area (Å²) in [5.74, 6) is 0.749. The van der Waals surface area contributed by atoms with Crippen LogP contribution in [0.25, 0.3) is 0 Å². The average Bonchev–Trinajstić information content (AvgIpc) is 3.03. The molecule has 2 fully saturated rings. The molecule has 2 aliphatic rings. The van der Waals surface area contributed by atoms with Crippen LogP contribution in [0.1, 0.15) is 32.6 Å². The fraction of sp³-hybridized carbons (Fsp3) is 0.909. The zero-order valence-corrected chi connectivity index (χ0v) is 10.5. The van der Waals surface area contributed by atoms with Gasteiger partial charge in [0.15, 0.2) is 0 Å². The predicted molar refractivity (Wildman–Crippen MR) is 62.1 cm³/mol. The molecule has 1 amide bonds. The summed E-state index contributed by atoms with van der Waals surface area (Å²) in [6.07, 6.45) is 4.17. The Morgan fingerprint density at radius 1 is 1.47 bits per heavy atom. The van der Waals surface area contributed by atoms with Crippen LogP contribution in [-0.4, -0.2) is 28.2 Å². The molecule has 0 N–H and O–H groups in total. The van der Waals surface area contributed by atoms with Crippen LogP contribution < -0.4 is 0 Å². The van der Waals surface area contributed by atoms with E-state index in [2.05, 4.69) is 6.92 Å². The molecule has 0 aromatic rings. The van der Waals surface area contributed by atoms with Crippen molar-refractivity contribution < 1.29 is 4.79 Å². The maximum absolute atomic E-state index is 12.0. The van der Waals surface area contributed by atoms with E-state index < -0.39 is 4.33 Å². The van der Waals surface area contributed by atoms with Crippen molar-refractivity contribution in [3.63, 3.8) is 0 Å². The minimum Gasteiger partial charge on any atom is -0.342 e. The van der Waals surface area contributed by atoms with Crippen LogP contribution in [0.5, 0.6) is 0 Å². The van der Waals surface area contributed by atoms with Gasteiger partial charge in [0.25, 0.3) is 0 Å². The highest BCUT2D eigenvalue weighted by atomic mass is 35.5. The number of nitrogens with zero attached hydrogens (tertiary/aromatic N) is 1. The molecule has 4 heteroatoms. The van der Waals surface area contributed by atoms with Crippen molar-refractivity contribution in [2.45, 2.75) is 36.9 Å². The van der Waals surface area contributed by atoms with Crippen LogP contribution in [0.15, 0.2) is 0 Å². The Bertz CT molecular complexity index is 263. The summed E-state index contributed by atoms with van der Waals surface area (Å²) in [5.41, 5.74) is 0. The normalized spacial score (nSPS) is 27.5. The lowest BCUT2D eigenvalue weighted by Gasteiger charge is -2.22. The van der Waals surface area contributed by atoms with Gasteiger partial charge in [-0.05, 0) is 31.6 Å². The van der Waals surface area contributed by atoms with E-state index in [9.17, 15) is 4.79 Å². The van der Waals surface area contributed by atoms with Crippen LogP contribution >= 0.6 is 23.2 Å². The number of carbonyl (C=O) groups is 1. The van der Waals surface area contributed by atoms with Crippen molar-refractivity contribution in [3.8, 4) is 0 Å². The summed E-state index contributed by atoms with van der Waals surface area (Å²) in [6, 6.07) is 0. The van der Waals surface area contributed by atoms with Crippen LogP contribution in [0.2, 0.25) is 0 Å². The van der Waals surface area contributed by atoms with Crippen LogP contribution in [0.3, 0.4) is 0 Å². The molecule has 2 rings (SSSR count). The highest BCUT2D eigenvalue weighted by Gasteiger charge is 2.57. The predicted octanol–water partition coefficient (Wildman–Crippen LogP) is 2.83. The molecule has 1 atom stereocenters. The largest absolute Gasteiger partial charge is 0.342 e. The molecule has 0 heterocycles. The molecule has 0 saturated heterocycles. The van der Waals surface area contributed by atoms with Crippen LogP contribution in [0.4, 0.5) is 0 Å². The second kappa shape index (κ2) is 4.14. The molecular weight excluding hydrogens is 233 g/mol. The zero-order valence-electron chi connectivity index (χ0n) is 9.01. The molecule has 0 radical (unpaired) electrons. The quantitative estimate of drug-likeness (QED) is 0.687. The third kappa shape index (κ3) is 2.79. The molecule has 2 saturated carbocycles. The second-order valence-electron chi connectivity index (χ2n) is 4.75. The maximum atomic E-state index is 12.0. The molecule has 86 valence electrons. The van der Waals surface area contributed by atoms with Crippen molar-refractivity contribution in [3.05, 3.63) is 0 Å². The molecule has 0 aliphatic heterocycles. The number of amides is 1. The molecule has 0 bridgehead atoms. The van der Waals surface area contributed by atoms with Gasteiger partial charge in [0.1, 0.15) is 4.33 Å². The van der Waals surface area contributed by atoms with Gasteiger partial charge in [-0.2, -0.15) is 0 Å². The van der Waals surface area contributed by atoms with E-state index in [4.69, 9.17) is 23.2 Å². The summed E-state index contributed by atoms with van der Waals surface area (Å²) in [5, 5.41) is 0. The fourth-order valence-electron chi connectivity index (χ4n) is 1.88. The first-order valence-corrected chi connectivity index (χ1v) is 6.47. The van der Waals surface area contributed by atoms with Crippen molar-refractivity contribution in [2.75, 3.05) is 13.1 Å². The highest BCUT2D eigenvalue weighted by Crippen LogP contribution is 2.54. The minimum absolute atomic E-state index is 0.147. The van der Waals surface area contributed by atoms with E-state index in [1.807, 2.05) is 4.90 Å². The van der Waals surface area contributed by atoms with Gasteiger partial charge < -0.3 is 4.90 Å². The Morgan fingerprint density at radius 2 is 2.07 bits per heavy atom. The molecular formula is C11H17Cl2NO. The van der Waals surface area contributed by atoms with Gasteiger partial charge in [-0.25, -0.2) is 0 Å². The molecule has 0 spiro atoms. The molecule has 0 aromatic heterocycles. The molecule has 2 aliphatic carbocycles. The van der Waals surface area contributed by atoms with Crippen molar-refractivity contribution >= 4 is 29.1 Å². The topological polar surface area (TPSA) is 20.3 Å². The lowest BCUT2D eigenvalue weighted by molar-refractivity contribution is -0.132. The van der Waals surface area contributed by atoms with E-state index in [1.54, 1.807) is 0 Å². The lowest BCUT2D eigenvalue weighted by Crippen LogP contribution is -2.35. The monoisotopic (exact) mass is 249 g/mol. The van der Waals surface area contributed by atoms with E-state index >= 15 is 0 Å². The smallest absolute Gasteiger partial charge is 0.228 e. The molecule has 0 aromatic carbocycles. The summed E-state index contributed by atoms with van der Waals surface area (Å²) in [7, 11) is 0. The third-order valence-corrected chi connectivity index (χ3v) is 3.94. The number of rotatable bonds is 5. The van der Waals surface area contributed by atoms with E-state index in [0.717, 1.165) is 25.4 Å². The number of alkyl halides is 2. The third-order valence-electron chi connectivity index (χ3n) is 3.10. The van der Waals surface area contributed by atoms with Crippen LogP contribution in [-0.2, 0) is 4.79 Å². The van der Waals surface area contributed by atoms with E-state index in [0.29, 0.717) is 6.42 Å². The summed E-state index contributed by atoms with van der Waals surface area (Å²) < 4.78 is -0.771. The first-order chi connectivity index (χ1) is 7.04. The van der Waals surface area contributed by atoms with Gasteiger partial charge >= 0.3 is 0 Å². The van der Waals surface area contributed by atoms with Gasteiger partial charge in [-0.15, -0.1) is 23.2 Å². The standard InChI is InChI=1S/C11H17Cl2NO/c1-2-5-14(7-8-3-4-8)10(15)9-6-11(9,12)13/h8-9H,2-7H2,1H3. The second-order valence-corrected chi connectivity index (χ2v) is 6.29. The maximum Gasteiger partial charge on any atom is 0.228 e. The van der Waals surface area contributed by atoms with Crippen LogP contribution in [0, 0.1) is 11.8 Å². The Hall–Kier alpha value is 0.0500. The lowest BCUT2D eigenvalue weighted by atomic mass is 10.2. The van der Waals surface area contributed by atoms with Crippen molar-refractivity contribution in [1.29, 1.82) is 0 Å². The number of hydrogen-bond donors (Lipinski definition) is 0. The van der Waals surface area contributed by atoms with Gasteiger partial charge in [-0.3, -0.25) is 4.79 Å². The Balaban J connectivity index is 1.88. The minimum atomic E-state index is -0.771. The number of hydrogen-bond acceptors (Lipinski definition) is 1. The summed E-state index contributed by atoms with van der Waals surface area (Å²) in [6.45, 7) is 3.84. The summed E-state index contributed by atoms with van der Waals surface area (Å²) in [4.78, 5) is 14.0. The summed E-state index contributed by atoms with van der Waals surface area (Å²) >= 11 is 11.8. The molecule has 2 nitrogen and oxygen atoms in total. The fourth-order valence-corrected chi connectivity index (χ4v) is 2.37.